The van der Waals surface area contributed by atoms with Gasteiger partial charge in [-0.05, 0) is 11.6 Å². The zero-order chi connectivity index (χ0) is 10.5. The Morgan fingerprint density at radius 1 is 1.13 bits per heavy atom. The highest BCUT2D eigenvalue weighted by Gasteiger charge is 2.14. The van der Waals surface area contributed by atoms with Crippen LogP contribution in [0.4, 0.5) is 0 Å². The van der Waals surface area contributed by atoms with Gasteiger partial charge in [-0.3, -0.25) is 4.79 Å². The van der Waals surface area contributed by atoms with Crippen molar-refractivity contribution in [3.63, 3.8) is 0 Å². The van der Waals surface area contributed by atoms with Gasteiger partial charge in [0, 0.05) is 18.0 Å². The predicted molar refractivity (Wildman–Crippen MR) is 56.2 cm³/mol. The van der Waals surface area contributed by atoms with E-state index in [1.165, 1.54) is 0 Å². The van der Waals surface area contributed by atoms with Crippen molar-refractivity contribution in [2.45, 2.75) is 6.10 Å². The molecule has 0 spiro atoms. The molecule has 0 radical (unpaired) electrons. The van der Waals surface area contributed by atoms with Crippen LogP contribution in [-0.2, 0) is 9.53 Å². The summed E-state index contributed by atoms with van der Waals surface area (Å²) in [7, 11) is 0. The summed E-state index contributed by atoms with van der Waals surface area (Å²) >= 11 is 0. The fraction of sp³-hybridized carbons (Fsp3) is 0.0833. The van der Waals surface area contributed by atoms with E-state index in [0.717, 1.165) is 11.1 Å². The molecule has 0 aliphatic heterocycles. The first-order chi connectivity index (χ1) is 7.42. The zero-order valence-electron chi connectivity index (χ0n) is 8.09. The molecule has 1 aromatic heterocycles. The number of carbonyl (C=O) groups is 1. The molecule has 0 bridgehead atoms. The molecule has 15 heavy (non-hydrogen) atoms. The van der Waals surface area contributed by atoms with E-state index in [4.69, 9.17) is 4.74 Å². The highest BCUT2D eigenvalue weighted by atomic mass is 16.5. The summed E-state index contributed by atoms with van der Waals surface area (Å²) < 4.78 is 5.07. The number of hydrogen-bond acceptors (Lipinski definition) is 2. The van der Waals surface area contributed by atoms with Crippen molar-refractivity contribution in [2.75, 3.05) is 0 Å². The minimum Gasteiger partial charge on any atom is -0.455 e. The van der Waals surface area contributed by atoms with Gasteiger partial charge in [0.25, 0.3) is 6.47 Å². The number of aromatic amines is 1. The van der Waals surface area contributed by atoms with E-state index in [0.29, 0.717) is 6.47 Å². The first-order valence-corrected chi connectivity index (χ1v) is 4.68. The number of aromatic nitrogens is 1. The molecule has 0 aliphatic carbocycles. The summed E-state index contributed by atoms with van der Waals surface area (Å²) in [6.07, 6.45) is 3.30. The average molecular weight is 201 g/mol. The SMILES string of the molecule is O=COC(c1ccccc1)c1cc[nH]c1. The van der Waals surface area contributed by atoms with Crippen LogP contribution >= 0.6 is 0 Å². The first kappa shape index (κ1) is 9.52. The summed E-state index contributed by atoms with van der Waals surface area (Å²) in [6, 6.07) is 11.5. The Bertz CT molecular complexity index is 408. The Balaban J connectivity index is 2.32. The summed E-state index contributed by atoms with van der Waals surface area (Å²) in [4.78, 5) is 13.4. The van der Waals surface area contributed by atoms with Crippen LogP contribution in [0, 0.1) is 0 Å². The van der Waals surface area contributed by atoms with Crippen LogP contribution in [0.15, 0.2) is 48.8 Å². The van der Waals surface area contributed by atoms with E-state index in [1.807, 2.05) is 42.6 Å². The zero-order valence-corrected chi connectivity index (χ0v) is 8.09. The topological polar surface area (TPSA) is 42.1 Å². The maximum atomic E-state index is 10.5. The molecule has 76 valence electrons. The molecule has 3 heteroatoms. The molecular weight excluding hydrogens is 190 g/mol. The van der Waals surface area contributed by atoms with Crippen molar-refractivity contribution in [1.29, 1.82) is 0 Å². The molecule has 0 saturated heterocycles. The van der Waals surface area contributed by atoms with E-state index in [-0.39, 0.29) is 6.10 Å². The van der Waals surface area contributed by atoms with Gasteiger partial charge >= 0.3 is 0 Å². The third kappa shape index (κ3) is 2.07. The third-order valence-corrected chi connectivity index (χ3v) is 2.22. The van der Waals surface area contributed by atoms with Crippen molar-refractivity contribution in [3.05, 3.63) is 59.9 Å². The molecular formula is C12H11NO2. The maximum Gasteiger partial charge on any atom is 0.294 e. The smallest absolute Gasteiger partial charge is 0.294 e. The van der Waals surface area contributed by atoms with Gasteiger partial charge < -0.3 is 9.72 Å². The Labute approximate surface area is 87.7 Å². The van der Waals surface area contributed by atoms with E-state index in [2.05, 4.69) is 4.98 Å². The van der Waals surface area contributed by atoms with Crippen LogP contribution in [0.3, 0.4) is 0 Å². The molecule has 0 saturated carbocycles. The van der Waals surface area contributed by atoms with Crippen LogP contribution in [0.5, 0.6) is 0 Å². The highest BCUT2D eigenvalue weighted by Crippen LogP contribution is 2.24. The van der Waals surface area contributed by atoms with Gasteiger partial charge in [0.1, 0.15) is 0 Å². The van der Waals surface area contributed by atoms with Gasteiger partial charge in [-0.25, -0.2) is 0 Å². The molecule has 1 N–H and O–H groups in total. The summed E-state index contributed by atoms with van der Waals surface area (Å²) in [5, 5.41) is 0. The van der Waals surface area contributed by atoms with E-state index in [1.54, 1.807) is 6.20 Å². The second kappa shape index (κ2) is 4.46. The third-order valence-electron chi connectivity index (χ3n) is 2.22. The van der Waals surface area contributed by atoms with E-state index in [9.17, 15) is 4.79 Å². The number of ether oxygens (including phenoxy) is 1. The number of benzene rings is 1. The molecule has 0 amide bonds. The number of carbonyl (C=O) groups excluding carboxylic acids is 1. The first-order valence-electron chi connectivity index (χ1n) is 4.68. The lowest BCUT2D eigenvalue weighted by Gasteiger charge is -2.13. The van der Waals surface area contributed by atoms with Crippen molar-refractivity contribution in [3.8, 4) is 0 Å². The van der Waals surface area contributed by atoms with Gasteiger partial charge in [0.2, 0.25) is 0 Å². The number of hydrogen-bond donors (Lipinski definition) is 1. The Morgan fingerprint density at radius 3 is 2.53 bits per heavy atom. The van der Waals surface area contributed by atoms with E-state index >= 15 is 0 Å². The normalized spacial score (nSPS) is 12.0. The molecule has 0 aliphatic rings. The van der Waals surface area contributed by atoms with Crippen LogP contribution in [-0.4, -0.2) is 11.5 Å². The number of nitrogens with one attached hydrogen (secondary N) is 1. The molecule has 2 rings (SSSR count). The van der Waals surface area contributed by atoms with Crippen molar-refractivity contribution in [2.24, 2.45) is 0 Å². The van der Waals surface area contributed by atoms with Gasteiger partial charge in [-0.1, -0.05) is 30.3 Å². The Morgan fingerprint density at radius 2 is 1.93 bits per heavy atom. The van der Waals surface area contributed by atoms with Crippen LogP contribution < -0.4 is 0 Å². The fourth-order valence-electron chi connectivity index (χ4n) is 1.53. The van der Waals surface area contributed by atoms with Crippen LogP contribution in [0.2, 0.25) is 0 Å². The molecule has 3 nitrogen and oxygen atoms in total. The maximum absolute atomic E-state index is 10.5. The largest absolute Gasteiger partial charge is 0.455 e. The lowest BCUT2D eigenvalue weighted by Crippen LogP contribution is -2.03. The minimum absolute atomic E-state index is 0.324. The molecule has 1 aromatic carbocycles. The lowest BCUT2D eigenvalue weighted by molar-refractivity contribution is -0.132. The van der Waals surface area contributed by atoms with Crippen molar-refractivity contribution >= 4 is 6.47 Å². The second-order valence-electron chi connectivity index (χ2n) is 3.17. The highest BCUT2D eigenvalue weighted by molar-refractivity contribution is 5.41. The monoisotopic (exact) mass is 201 g/mol. The molecule has 2 aromatic rings. The van der Waals surface area contributed by atoms with Gasteiger partial charge in [-0.15, -0.1) is 0 Å². The molecule has 1 unspecified atom stereocenters. The van der Waals surface area contributed by atoms with Crippen LogP contribution in [0.1, 0.15) is 17.2 Å². The predicted octanol–water partition coefficient (Wildman–Crippen LogP) is 2.28. The van der Waals surface area contributed by atoms with Gasteiger partial charge in [0.05, 0.1) is 0 Å². The Kier molecular flexibility index (Phi) is 2.83. The van der Waals surface area contributed by atoms with Crippen molar-refractivity contribution < 1.29 is 9.53 Å². The summed E-state index contributed by atoms with van der Waals surface area (Å²) in [5.41, 5.74) is 1.90. The summed E-state index contributed by atoms with van der Waals surface area (Å²) in [5.74, 6) is 0. The minimum atomic E-state index is -0.324. The number of rotatable bonds is 4. The van der Waals surface area contributed by atoms with Crippen LogP contribution in [0.25, 0.3) is 0 Å². The van der Waals surface area contributed by atoms with Gasteiger partial charge in [-0.2, -0.15) is 0 Å². The van der Waals surface area contributed by atoms with E-state index < -0.39 is 0 Å². The number of H-pyrrole nitrogens is 1. The van der Waals surface area contributed by atoms with Gasteiger partial charge in [0.15, 0.2) is 6.10 Å². The fourth-order valence-corrected chi connectivity index (χ4v) is 1.53. The molecule has 1 heterocycles. The quantitative estimate of drug-likeness (QED) is 0.771. The van der Waals surface area contributed by atoms with Crippen molar-refractivity contribution in [1.82, 2.24) is 4.98 Å². The Hall–Kier alpha value is -2.03. The molecule has 0 fully saturated rings. The lowest BCUT2D eigenvalue weighted by atomic mass is 10.0. The average Bonchev–Trinajstić information content (AvgIpc) is 2.80. The standard InChI is InChI=1S/C12H11NO2/c14-9-15-12(11-6-7-13-8-11)10-4-2-1-3-5-10/h1-9,12-13H. The molecule has 1 atom stereocenters. The second-order valence-corrected chi connectivity index (χ2v) is 3.17. The summed E-state index contributed by atoms with van der Waals surface area (Å²) in [6.45, 7) is 0.477.